The summed E-state index contributed by atoms with van der Waals surface area (Å²) in [5.41, 5.74) is 4.38. The molecule has 2 aliphatic rings. The lowest BCUT2D eigenvalue weighted by atomic mass is 9.98. The van der Waals surface area contributed by atoms with Crippen molar-refractivity contribution in [2.75, 3.05) is 13.2 Å². The van der Waals surface area contributed by atoms with Crippen LogP contribution in [0, 0.1) is 0 Å². The smallest absolute Gasteiger partial charge is 0.407 e. The molecule has 202 valence electrons. The minimum atomic E-state index is -1.17. The number of alkyl halides is 1. The number of benzene rings is 2. The van der Waals surface area contributed by atoms with Crippen molar-refractivity contribution in [1.29, 1.82) is 0 Å². The summed E-state index contributed by atoms with van der Waals surface area (Å²) >= 11 is 3.29. The van der Waals surface area contributed by atoms with Gasteiger partial charge in [-0.05, 0) is 22.3 Å². The Balaban J connectivity index is 1.43. The van der Waals surface area contributed by atoms with Gasteiger partial charge >= 0.3 is 24.0 Å². The van der Waals surface area contributed by atoms with Gasteiger partial charge < -0.3 is 29.0 Å². The van der Waals surface area contributed by atoms with Crippen molar-refractivity contribution in [3.05, 3.63) is 59.7 Å². The van der Waals surface area contributed by atoms with Gasteiger partial charge in [-0.15, -0.1) is 0 Å². The molecule has 0 spiro atoms. The summed E-state index contributed by atoms with van der Waals surface area (Å²) in [6.07, 6.45) is -5.07. The molecule has 2 aromatic carbocycles. The number of nitrogens with one attached hydrogen (secondary N) is 1. The molecule has 38 heavy (non-hydrogen) atoms. The normalized spacial score (nSPS) is 23.9. The highest BCUT2D eigenvalue weighted by atomic mass is 79.9. The molecular formula is C27H28BrNO9. The van der Waals surface area contributed by atoms with Crippen LogP contribution in [0.2, 0.25) is 0 Å². The van der Waals surface area contributed by atoms with E-state index in [9.17, 15) is 19.2 Å². The van der Waals surface area contributed by atoms with Gasteiger partial charge in [-0.25, -0.2) is 4.79 Å². The summed E-state index contributed by atoms with van der Waals surface area (Å²) in [6.45, 7) is 3.53. The fourth-order valence-electron chi connectivity index (χ4n) is 4.84. The highest BCUT2D eigenvalue weighted by Crippen LogP contribution is 2.44. The van der Waals surface area contributed by atoms with Crippen LogP contribution >= 0.6 is 15.9 Å². The van der Waals surface area contributed by atoms with E-state index in [2.05, 4.69) is 21.2 Å². The lowest BCUT2D eigenvalue weighted by Gasteiger charge is -2.43. The maximum absolute atomic E-state index is 12.7. The van der Waals surface area contributed by atoms with Crippen molar-refractivity contribution < 1.29 is 42.9 Å². The Hall–Kier alpha value is -3.44. The first-order valence-corrected chi connectivity index (χ1v) is 13.0. The van der Waals surface area contributed by atoms with Gasteiger partial charge in [0.1, 0.15) is 12.7 Å². The molecular weight excluding hydrogens is 562 g/mol. The van der Waals surface area contributed by atoms with Crippen molar-refractivity contribution in [2.24, 2.45) is 0 Å². The molecule has 1 saturated heterocycles. The summed E-state index contributed by atoms with van der Waals surface area (Å²) in [7, 11) is 0. The second-order valence-electron chi connectivity index (χ2n) is 8.95. The molecule has 1 amide bonds. The zero-order valence-electron chi connectivity index (χ0n) is 21.0. The van der Waals surface area contributed by atoms with Gasteiger partial charge in [-0.2, -0.15) is 0 Å². The minimum absolute atomic E-state index is 0.113. The van der Waals surface area contributed by atoms with E-state index in [0.717, 1.165) is 22.3 Å². The molecule has 0 saturated carbocycles. The van der Waals surface area contributed by atoms with Crippen LogP contribution in [0.5, 0.6) is 0 Å². The first-order chi connectivity index (χ1) is 18.2. The number of ether oxygens (including phenoxy) is 5. The van der Waals surface area contributed by atoms with Gasteiger partial charge in [-0.3, -0.25) is 14.4 Å². The average molecular weight is 590 g/mol. The Morgan fingerprint density at radius 2 is 1.29 bits per heavy atom. The second kappa shape index (κ2) is 12.0. The van der Waals surface area contributed by atoms with Gasteiger partial charge in [0.05, 0.1) is 6.54 Å². The van der Waals surface area contributed by atoms with E-state index in [-0.39, 0.29) is 19.1 Å². The molecule has 1 aliphatic heterocycles. The van der Waals surface area contributed by atoms with Crippen LogP contribution < -0.4 is 5.32 Å². The molecule has 1 N–H and O–H groups in total. The first kappa shape index (κ1) is 27.6. The average Bonchev–Trinajstić information content (AvgIpc) is 3.18. The number of carbonyl (C=O) groups is 4. The lowest BCUT2D eigenvalue weighted by molar-refractivity contribution is -0.229. The number of alkyl carbamates (subject to hydrolysis) is 1. The Bertz CT molecular complexity index is 1170. The lowest BCUT2D eigenvalue weighted by Crippen LogP contribution is -2.62. The van der Waals surface area contributed by atoms with Crippen molar-refractivity contribution >= 4 is 39.9 Å². The number of hydrogen-bond acceptors (Lipinski definition) is 9. The van der Waals surface area contributed by atoms with Crippen LogP contribution in [0.3, 0.4) is 0 Å². The third-order valence-corrected chi connectivity index (χ3v) is 7.01. The highest BCUT2D eigenvalue weighted by molar-refractivity contribution is 9.09. The van der Waals surface area contributed by atoms with E-state index in [4.69, 9.17) is 23.7 Å². The number of halogens is 1. The van der Waals surface area contributed by atoms with Crippen LogP contribution in [0.1, 0.15) is 37.8 Å². The molecule has 2 aromatic rings. The zero-order chi connectivity index (χ0) is 27.4. The number of rotatable bonds is 7. The zero-order valence-corrected chi connectivity index (χ0v) is 22.6. The molecule has 11 heteroatoms. The van der Waals surface area contributed by atoms with Crippen molar-refractivity contribution in [3.63, 3.8) is 0 Å². The Kier molecular flexibility index (Phi) is 8.68. The number of amides is 1. The molecule has 1 aliphatic carbocycles. The van der Waals surface area contributed by atoms with Crippen LogP contribution in [0.4, 0.5) is 4.79 Å². The van der Waals surface area contributed by atoms with E-state index >= 15 is 0 Å². The van der Waals surface area contributed by atoms with Crippen LogP contribution in [0.25, 0.3) is 11.1 Å². The van der Waals surface area contributed by atoms with Gasteiger partial charge in [0.2, 0.25) is 0 Å². The molecule has 5 atom stereocenters. The first-order valence-electron chi connectivity index (χ1n) is 12.1. The van der Waals surface area contributed by atoms with E-state index in [0.29, 0.717) is 0 Å². The summed E-state index contributed by atoms with van der Waals surface area (Å²) in [6, 6.07) is 16.0. The minimum Gasteiger partial charge on any atom is -0.456 e. The topological polar surface area (TPSA) is 126 Å². The van der Waals surface area contributed by atoms with Crippen LogP contribution in [-0.2, 0) is 38.1 Å². The van der Waals surface area contributed by atoms with Crippen molar-refractivity contribution in [2.45, 2.75) is 56.1 Å². The Morgan fingerprint density at radius 1 is 0.789 bits per heavy atom. The largest absolute Gasteiger partial charge is 0.456 e. The molecule has 5 unspecified atom stereocenters. The Morgan fingerprint density at radius 3 is 1.84 bits per heavy atom. The molecule has 1 fully saturated rings. The molecule has 4 rings (SSSR count). The van der Waals surface area contributed by atoms with Crippen LogP contribution in [0.15, 0.2) is 48.5 Å². The van der Waals surface area contributed by atoms with Crippen LogP contribution in [-0.4, -0.2) is 66.6 Å². The Labute approximate surface area is 228 Å². The number of fused-ring (bicyclic) bond motifs is 3. The maximum atomic E-state index is 12.7. The van der Waals surface area contributed by atoms with Gasteiger partial charge in [0.25, 0.3) is 0 Å². The highest BCUT2D eigenvalue weighted by Gasteiger charge is 2.51. The van der Waals surface area contributed by atoms with E-state index < -0.39 is 53.4 Å². The maximum Gasteiger partial charge on any atom is 0.407 e. The van der Waals surface area contributed by atoms with Gasteiger partial charge in [0.15, 0.2) is 23.3 Å². The van der Waals surface area contributed by atoms with Crippen molar-refractivity contribution in [1.82, 2.24) is 5.32 Å². The van der Waals surface area contributed by atoms with Gasteiger partial charge in [-0.1, -0.05) is 64.5 Å². The van der Waals surface area contributed by atoms with Gasteiger partial charge in [0, 0.05) is 26.7 Å². The number of carbonyl (C=O) groups excluding carboxylic acids is 4. The molecule has 0 bridgehead atoms. The summed E-state index contributed by atoms with van der Waals surface area (Å²) in [5, 5.41) is 1.73. The quantitative estimate of drug-likeness (QED) is 0.293. The third kappa shape index (κ3) is 6.16. The molecule has 0 radical (unpaired) electrons. The van der Waals surface area contributed by atoms with E-state index in [1.54, 1.807) is 0 Å². The third-order valence-electron chi connectivity index (χ3n) is 6.27. The van der Waals surface area contributed by atoms with E-state index in [1.165, 1.54) is 20.8 Å². The SMILES string of the molecule is CC(=O)OC1C(Br)OC(CNC(=O)OCC2c3ccccc3-c3ccccc32)C(OC(C)=O)C1OC(C)=O. The summed E-state index contributed by atoms with van der Waals surface area (Å²) in [4.78, 5) is 47.9. The number of esters is 3. The standard InChI is InChI=1S/C27H28BrNO9/c1-14(30)35-23-22(38-26(28)25(37-16(3)32)24(23)36-15(2)31)12-29-27(33)34-13-21-19-10-6-4-8-17(19)18-9-5-7-11-20(18)21/h4-11,21-26H,12-13H2,1-3H3,(H,29,33). The molecule has 0 aromatic heterocycles. The van der Waals surface area contributed by atoms with E-state index in [1.807, 2.05) is 48.5 Å². The predicted molar refractivity (Wildman–Crippen MR) is 137 cm³/mol. The monoisotopic (exact) mass is 589 g/mol. The molecule has 10 nitrogen and oxygen atoms in total. The number of hydrogen-bond donors (Lipinski definition) is 1. The fourth-order valence-corrected chi connectivity index (χ4v) is 5.53. The summed E-state index contributed by atoms with van der Waals surface area (Å²) in [5.74, 6) is -2.10. The summed E-state index contributed by atoms with van der Waals surface area (Å²) < 4.78 is 27.4. The predicted octanol–water partition coefficient (Wildman–Crippen LogP) is 3.44. The second-order valence-corrected chi connectivity index (χ2v) is 9.86. The molecule has 1 heterocycles. The van der Waals surface area contributed by atoms with Crippen molar-refractivity contribution in [3.8, 4) is 11.1 Å². The fraction of sp³-hybridized carbons (Fsp3) is 0.407.